The van der Waals surface area contributed by atoms with Gasteiger partial charge in [-0.15, -0.1) is 10.2 Å². The maximum absolute atomic E-state index is 12.4. The first kappa shape index (κ1) is 21.8. The number of nitrogens with one attached hydrogen (secondary N) is 1. The second kappa shape index (κ2) is 10.3. The van der Waals surface area contributed by atoms with Crippen molar-refractivity contribution in [2.75, 3.05) is 5.75 Å². The van der Waals surface area contributed by atoms with Crippen LogP contribution in [0.3, 0.4) is 0 Å². The van der Waals surface area contributed by atoms with Crippen molar-refractivity contribution in [3.05, 3.63) is 95.5 Å². The van der Waals surface area contributed by atoms with Crippen molar-refractivity contribution in [2.45, 2.75) is 12.1 Å². The molecule has 0 aliphatic rings. The fraction of sp³-hybridized carbons (Fsp3) is 0.0833. The minimum atomic E-state index is -0.221. The molecule has 0 spiro atoms. The van der Waals surface area contributed by atoms with Crippen LogP contribution in [0.15, 0.2) is 95.2 Å². The molecule has 32 heavy (non-hydrogen) atoms. The molecule has 1 N–H and O–H groups in total. The second-order valence-electron chi connectivity index (χ2n) is 6.87. The molecular weight excluding hydrogens is 442 g/mol. The molecule has 0 bridgehead atoms. The molecule has 0 aliphatic heterocycles. The Balaban J connectivity index is 1.52. The number of rotatable bonds is 7. The summed E-state index contributed by atoms with van der Waals surface area (Å²) in [7, 11) is 0. The van der Waals surface area contributed by atoms with Crippen molar-refractivity contribution in [1.29, 1.82) is 0 Å². The van der Waals surface area contributed by atoms with Crippen LogP contribution in [0, 0.1) is 0 Å². The Morgan fingerprint density at radius 3 is 2.31 bits per heavy atom. The first-order chi connectivity index (χ1) is 15.6. The zero-order chi connectivity index (χ0) is 22.3. The molecular formula is C24H20ClN5OS. The van der Waals surface area contributed by atoms with Gasteiger partial charge in [-0.05, 0) is 48.9 Å². The van der Waals surface area contributed by atoms with E-state index in [2.05, 4.69) is 20.7 Å². The van der Waals surface area contributed by atoms with Crippen LogP contribution < -0.4 is 5.43 Å². The molecule has 1 heterocycles. The van der Waals surface area contributed by atoms with Crippen LogP contribution in [-0.4, -0.2) is 32.1 Å². The summed E-state index contributed by atoms with van der Waals surface area (Å²) in [5.41, 5.74) is 6.09. The summed E-state index contributed by atoms with van der Waals surface area (Å²) >= 11 is 7.33. The van der Waals surface area contributed by atoms with Crippen LogP contribution in [0.25, 0.3) is 17.1 Å². The molecule has 3 aromatic carbocycles. The number of halogens is 1. The monoisotopic (exact) mass is 461 g/mol. The van der Waals surface area contributed by atoms with Gasteiger partial charge in [-0.2, -0.15) is 5.10 Å². The van der Waals surface area contributed by atoms with Crippen molar-refractivity contribution in [1.82, 2.24) is 20.2 Å². The Labute approximate surface area is 195 Å². The number of amides is 1. The molecule has 1 amide bonds. The van der Waals surface area contributed by atoms with Crippen LogP contribution in [0.1, 0.15) is 12.5 Å². The lowest BCUT2D eigenvalue weighted by molar-refractivity contribution is -0.118. The van der Waals surface area contributed by atoms with Gasteiger partial charge in [-0.1, -0.05) is 71.9 Å². The summed E-state index contributed by atoms with van der Waals surface area (Å²) in [6.45, 7) is 1.85. The molecule has 0 aliphatic carbocycles. The smallest absolute Gasteiger partial charge is 0.250 e. The van der Waals surface area contributed by atoms with E-state index < -0.39 is 0 Å². The van der Waals surface area contributed by atoms with Gasteiger partial charge in [0.25, 0.3) is 5.91 Å². The van der Waals surface area contributed by atoms with Gasteiger partial charge in [0.05, 0.1) is 11.5 Å². The molecule has 0 saturated carbocycles. The quantitative estimate of drug-likeness (QED) is 0.232. The van der Waals surface area contributed by atoms with Gasteiger partial charge in [-0.3, -0.25) is 9.36 Å². The minimum Gasteiger partial charge on any atom is -0.272 e. The van der Waals surface area contributed by atoms with Crippen molar-refractivity contribution >= 4 is 35.0 Å². The lowest BCUT2D eigenvalue weighted by Crippen LogP contribution is -2.21. The van der Waals surface area contributed by atoms with Gasteiger partial charge < -0.3 is 0 Å². The summed E-state index contributed by atoms with van der Waals surface area (Å²) in [6, 6.07) is 26.9. The number of carbonyl (C=O) groups excluding carboxylic acids is 1. The van der Waals surface area contributed by atoms with E-state index in [4.69, 9.17) is 11.6 Å². The Morgan fingerprint density at radius 1 is 0.969 bits per heavy atom. The standard InChI is InChI=1S/C24H20ClN5OS/c1-17(18-8-4-2-5-9-18)26-27-22(31)16-32-24-29-28-23(19-12-14-20(25)15-13-19)30(24)21-10-6-3-7-11-21/h2-15H,16H2,1H3,(H,27,31). The zero-order valence-electron chi connectivity index (χ0n) is 17.3. The molecule has 0 unspecified atom stereocenters. The van der Waals surface area contributed by atoms with E-state index in [0.717, 1.165) is 22.5 Å². The Morgan fingerprint density at radius 2 is 1.62 bits per heavy atom. The number of hydrazone groups is 1. The average molecular weight is 462 g/mol. The summed E-state index contributed by atoms with van der Waals surface area (Å²) in [6.07, 6.45) is 0. The van der Waals surface area contributed by atoms with Crippen LogP contribution >= 0.6 is 23.4 Å². The van der Waals surface area contributed by atoms with E-state index in [0.29, 0.717) is 16.0 Å². The number of hydrogen-bond donors (Lipinski definition) is 1. The predicted octanol–water partition coefficient (Wildman–Crippen LogP) is 5.22. The van der Waals surface area contributed by atoms with Crippen molar-refractivity contribution < 1.29 is 4.79 Å². The van der Waals surface area contributed by atoms with E-state index in [9.17, 15) is 4.79 Å². The topological polar surface area (TPSA) is 72.2 Å². The second-order valence-corrected chi connectivity index (χ2v) is 8.25. The number of thioether (sulfide) groups is 1. The molecule has 1 aromatic heterocycles. The van der Waals surface area contributed by atoms with Crippen LogP contribution in [0.5, 0.6) is 0 Å². The highest BCUT2D eigenvalue weighted by Crippen LogP contribution is 2.28. The van der Waals surface area contributed by atoms with Gasteiger partial charge in [-0.25, -0.2) is 5.43 Å². The molecule has 160 valence electrons. The summed E-state index contributed by atoms with van der Waals surface area (Å²) in [5, 5.41) is 14.2. The van der Waals surface area contributed by atoms with Gasteiger partial charge in [0.1, 0.15) is 0 Å². The van der Waals surface area contributed by atoms with Crippen LogP contribution in [-0.2, 0) is 4.79 Å². The number of para-hydroxylation sites is 1. The number of hydrogen-bond acceptors (Lipinski definition) is 5. The highest BCUT2D eigenvalue weighted by Gasteiger charge is 2.17. The van der Waals surface area contributed by atoms with Crippen LogP contribution in [0.2, 0.25) is 5.02 Å². The third-order valence-electron chi connectivity index (χ3n) is 4.62. The number of aromatic nitrogens is 3. The van der Waals surface area contributed by atoms with E-state index in [-0.39, 0.29) is 11.7 Å². The predicted molar refractivity (Wildman–Crippen MR) is 129 cm³/mol. The Bertz CT molecular complexity index is 1220. The third-order valence-corrected chi connectivity index (χ3v) is 5.80. The maximum Gasteiger partial charge on any atom is 0.250 e. The average Bonchev–Trinajstić information content (AvgIpc) is 3.26. The van der Waals surface area contributed by atoms with E-state index >= 15 is 0 Å². The Hall–Kier alpha value is -3.42. The fourth-order valence-corrected chi connectivity index (χ4v) is 3.88. The summed E-state index contributed by atoms with van der Waals surface area (Å²) in [4.78, 5) is 12.4. The molecule has 0 saturated heterocycles. The van der Waals surface area contributed by atoms with Crippen LogP contribution in [0.4, 0.5) is 0 Å². The molecule has 0 radical (unpaired) electrons. The third kappa shape index (κ3) is 5.25. The molecule has 4 aromatic rings. The fourth-order valence-electron chi connectivity index (χ4n) is 3.01. The van der Waals surface area contributed by atoms with Gasteiger partial charge in [0.15, 0.2) is 11.0 Å². The molecule has 8 heteroatoms. The normalized spacial score (nSPS) is 11.4. The van der Waals surface area contributed by atoms with E-state index in [1.165, 1.54) is 11.8 Å². The van der Waals surface area contributed by atoms with Gasteiger partial charge >= 0.3 is 0 Å². The van der Waals surface area contributed by atoms with Gasteiger partial charge in [0.2, 0.25) is 0 Å². The summed E-state index contributed by atoms with van der Waals surface area (Å²) in [5.74, 6) is 0.603. The Kier molecular flexibility index (Phi) is 6.99. The van der Waals surface area contributed by atoms with Gasteiger partial charge in [0, 0.05) is 16.3 Å². The molecule has 0 atom stereocenters. The van der Waals surface area contributed by atoms with E-state index in [1.54, 1.807) is 0 Å². The number of carbonyl (C=O) groups is 1. The van der Waals surface area contributed by atoms with E-state index in [1.807, 2.05) is 96.4 Å². The lowest BCUT2D eigenvalue weighted by atomic mass is 10.1. The maximum atomic E-state index is 12.4. The number of nitrogens with zero attached hydrogens (tertiary/aromatic N) is 4. The van der Waals surface area contributed by atoms with Crippen molar-refractivity contribution in [3.63, 3.8) is 0 Å². The summed E-state index contributed by atoms with van der Waals surface area (Å²) < 4.78 is 1.93. The first-order valence-corrected chi connectivity index (χ1v) is 11.3. The first-order valence-electron chi connectivity index (χ1n) is 9.90. The SMILES string of the molecule is CC(=NNC(=O)CSc1nnc(-c2ccc(Cl)cc2)n1-c1ccccc1)c1ccccc1. The minimum absolute atomic E-state index is 0.150. The zero-order valence-corrected chi connectivity index (χ0v) is 18.8. The lowest BCUT2D eigenvalue weighted by Gasteiger charge is -2.10. The largest absolute Gasteiger partial charge is 0.272 e. The molecule has 6 nitrogen and oxygen atoms in total. The highest BCUT2D eigenvalue weighted by atomic mass is 35.5. The molecule has 4 rings (SSSR count). The van der Waals surface area contributed by atoms with Crippen molar-refractivity contribution in [3.8, 4) is 17.1 Å². The number of benzene rings is 3. The van der Waals surface area contributed by atoms with Crippen molar-refractivity contribution in [2.24, 2.45) is 5.10 Å². The highest BCUT2D eigenvalue weighted by molar-refractivity contribution is 7.99. The molecule has 0 fully saturated rings.